The van der Waals surface area contributed by atoms with Gasteiger partial charge in [-0.3, -0.25) is 9.59 Å². The van der Waals surface area contributed by atoms with Crippen LogP contribution in [0.15, 0.2) is 53.4 Å². The number of hydrogen-bond donors (Lipinski definition) is 1. The second kappa shape index (κ2) is 10.1. The Kier molecular flexibility index (Phi) is 8.04. The Balaban J connectivity index is 1.87. The highest BCUT2D eigenvalue weighted by molar-refractivity contribution is 7.89. The van der Waals surface area contributed by atoms with Gasteiger partial charge in [-0.2, -0.15) is 4.72 Å². The summed E-state index contributed by atoms with van der Waals surface area (Å²) in [6.45, 7) is 1.06. The number of carbonyl (C=O) groups is 2. The van der Waals surface area contributed by atoms with Gasteiger partial charge < -0.3 is 9.64 Å². The van der Waals surface area contributed by atoms with E-state index in [1.54, 1.807) is 43.4 Å². The average molecular weight is 459 g/mol. The molecule has 0 aliphatic heterocycles. The zero-order valence-electron chi connectivity index (χ0n) is 15.8. The monoisotopic (exact) mass is 458 g/mol. The molecule has 0 bridgehead atoms. The smallest absolute Gasteiger partial charge is 0.324 e. The second-order valence-electron chi connectivity index (χ2n) is 6.26. The van der Waals surface area contributed by atoms with Crippen molar-refractivity contribution in [3.63, 3.8) is 0 Å². The van der Waals surface area contributed by atoms with Crippen LogP contribution in [0, 0.1) is 0 Å². The lowest BCUT2D eigenvalue weighted by Gasteiger charge is -2.18. The number of rotatable bonds is 8. The Morgan fingerprint density at radius 3 is 2.38 bits per heavy atom. The van der Waals surface area contributed by atoms with Gasteiger partial charge in [-0.15, -0.1) is 0 Å². The number of nitrogens with one attached hydrogen (secondary N) is 1. The normalized spacial score (nSPS) is 12.3. The quantitative estimate of drug-likeness (QED) is 0.613. The molecule has 0 fully saturated rings. The topological polar surface area (TPSA) is 92.8 Å². The van der Waals surface area contributed by atoms with Crippen LogP contribution >= 0.6 is 23.2 Å². The van der Waals surface area contributed by atoms with Crippen molar-refractivity contribution in [3.8, 4) is 0 Å². The predicted octanol–water partition coefficient (Wildman–Crippen LogP) is 2.86. The summed E-state index contributed by atoms with van der Waals surface area (Å²) in [6, 6.07) is 11.5. The van der Waals surface area contributed by atoms with Crippen LogP contribution in [-0.2, 0) is 30.9 Å². The molecule has 10 heteroatoms. The van der Waals surface area contributed by atoms with Crippen molar-refractivity contribution in [2.24, 2.45) is 0 Å². The van der Waals surface area contributed by atoms with Crippen molar-refractivity contribution in [2.45, 2.75) is 24.4 Å². The molecular formula is C19H20Cl2N2O5S. The number of halogens is 2. The molecule has 0 spiro atoms. The third-order valence-corrected chi connectivity index (χ3v) is 6.20. The SMILES string of the molecule is C[C@H](NS(=O)(=O)c1ccccc1)C(=O)OCC(=O)N(C)Cc1ccc(Cl)c(Cl)c1. The summed E-state index contributed by atoms with van der Waals surface area (Å²) < 4.78 is 31.6. The summed E-state index contributed by atoms with van der Waals surface area (Å²) in [7, 11) is -2.34. The van der Waals surface area contributed by atoms with Gasteiger partial charge in [-0.1, -0.05) is 47.5 Å². The number of benzene rings is 2. The average Bonchev–Trinajstić information content (AvgIpc) is 2.68. The van der Waals surface area contributed by atoms with Crippen molar-refractivity contribution in [3.05, 3.63) is 64.1 Å². The van der Waals surface area contributed by atoms with Crippen LogP contribution in [0.25, 0.3) is 0 Å². The van der Waals surface area contributed by atoms with Crippen LogP contribution in [0.4, 0.5) is 0 Å². The highest BCUT2D eigenvalue weighted by Crippen LogP contribution is 2.23. The van der Waals surface area contributed by atoms with Crippen LogP contribution in [0.2, 0.25) is 10.0 Å². The minimum atomic E-state index is -3.88. The lowest BCUT2D eigenvalue weighted by atomic mass is 10.2. The van der Waals surface area contributed by atoms with Gasteiger partial charge in [-0.05, 0) is 36.8 Å². The maximum absolute atomic E-state index is 12.2. The van der Waals surface area contributed by atoms with Crippen LogP contribution in [-0.4, -0.2) is 44.9 Å². The van der Waals surface area contributed by atoms with E-state index in [0.29, 0.717) is 10.0 Å². The molecule has 0 saturated heterocycles. The summed E-state index contributed by atoms with van der Waals surface area (Å²) in [5.41, 5.74) is 0.755. The molecule has 0 saturated carbocycles. The third kappa shape index (κ3) is 6.71. The molecule has 0 heterocycles. The fourth-order valence-electron chi connectivity index (χ4n) is 2.32. The molecule has 156 valence electrons. The number of carbonyl (C=O) groups excluding carboxylic acids is 2. The molecule has 2 aromatic rings. The first kappa shape index (κ1) is 23.2. The summed E-state index contributed by atoms with van der Waals surface area (Å²) in [5.74, 6) is -1.32. The molecule has 0 radical (unpaired) electrons. The van der Waals surface area contributed by atoms with E-state index in [1.807, 2.05) is 0 Å². The van der Waals surface area contributed by atoms with Gasteiger partial charge in [0.1, 0.15) is 6.04 Å². The standard InChI is InChI=1S/C19H20Cl2N2O5S/c1-13(22-29(26,27)15-6-4-3-5-7-15)19(25)28-12-18(24)23(2)11-14-8-9-16(20)17(21)10-14/h3-10,13,22H,11-12H2,1-2H3/t13-/m0/s1. The van der Waals surface area contributed by atoms with E-state index in [2.05, 4.69) is 4.72 Å². The fourth-order valence-corrected chi connectivity index (χ4v) is 3.85. The van der Waals surface area contributed by atoms with E-state index in [4.69, 9.17) is 27.9 Å². The van der Waals surface area contributed by atoms with E-state index in [-0.39, 0.29) is 11.4 Å². The zero-order valence-corrected chi connectivity index (χ0v) is 18.1. The summed E-state index contributed by atoms with van der Waals surface area (Å²) in [6.07, 6.45) is 0. The highest BCUT2D eigenvalue weighted by Gasteiger charge is 2.24. The van der Waals surface area contributed by atoms with Crippen molar-refractivity contribution in [1.82, 2.24) is 9.62 Å². The van der Waals surface area contributed by atoms with Crippen molar-refractivity contribution >= 4 is 45.1 Å². The molecule has 29 heavy (non-hydrogen) atoms. The maximum atomic E-state index is 12.2. The van der Waals surface area contributed by atoms with E-state index in [9.17, 15) is 18.0 Å². The minimum absolute atomic E-state index is 0.0251. The van der Waals surface area contributed by atoms with Gasteiger partial charge >= 0.3 is 5.97 Å². The number of esters is 1. The fraction of sp³-hybridized carbons (Fsp3) is 0.263. The summed E-state index contributed by atoms with van der Waals surface area (Å²) in [4.78, 5) is 25.6. The van der Waals surface area contributed by atoms with Gasteiger partial charge in [0, 0.05) is 13.6 Å². The van der Waals surface area contributed by atoms with Crippen LogP contribution in [0.3, 0.4) is 0 Å². The van der Waals surface area contributed by atoms with E-state index in [1.165, 1.54) is 24.0 Å². The first-order valence-corrected chi connectivity index (χ1v) is 10.8. The summed E-state index contributed by atoms with van der Waals surface area (Å²) >= 11 is 11.8. The number of sulfonamides is 1. The Morgan fingerprint density at radius 2 is 1.76 bits per heavy atom. The Hall–Kier alpha value is -2.13. The van der Waals surface area contributed by atoms with Gasteiger partial charge in [0.25, 0.3) is 5.91 Å². The number of likely N-dealkylation sites (N-methyl/N-ethyl adjacent to an activating group) is 1. The van der Waals surface area contributed by atoms with Crippen LogP contribution < -0.4 is 4.72 Å². The van der Waals surface area contributed by atoms with Gasteiger partial charge in [-0.25, -0.2) is 8.42 Å². The molecule has 7 nitrogen and oxygen atoms in total. The summed E-state index contributed by atoms with van der Waals surface area (Å²) in [5, 5.41) is 0.779. The number of nitrogens with zero attached hydrogens (tertiary/aromatic N) is 1. The zero-order chi connectivity index (χ0) is 21.6. The number of amides is 1. The van der Waals surface area contributed by atoms with Gasteiger partial charge in [0.15, 0.2) is 6.61 Å². The Bertz CT molecular complexity index is 983. The molecular weight excluding hydrogens is 439 g/mol. The Labute approximate surface area is 179 Å². The first-order chi connectivity index (χ1) is 13.6. The predicted molar refractivity (Wildman–Crippen MR) is 110 cm³/mol. The molecule has 1 atom stereocenters. The molecule has 2 aromatic carbocycles. The number of ether oxygens (including phenoxy) is 1. The highest BCUT2D eigenvalue weighted by atomic mass is 35.5. The molecule has 0 aliphatic rings. The lowest BCUT2D eigenvalue weighted by molar-refractivity contribution is -0.152. The van der Waals surface area contributed by atoms with Gasteiger partial charge in [0.2, 0.25) is 10.0 Å². The Morgan fingerprint density at radius 1 is 1.10 bits per heavy atom. The number of hydrogen-bond acceptors (Lipinski definition) is 5. The molecule has 0 aliphatic carbocycles. The largest absolute Gasteiger partial charge is 0.454 e. The second-order valence-corrected chi connectivity index (χ2v) is 8.79. The molecule has 0 unspecified atom stereocenters. The molecule has 1 N–H and O–H groups in total. The first-order valence-electron chi connectivity index (χ1n) is 8.52. The maximum Gasteiger partial charge on any atom is 0.324 e. The van der Waals surface area contributed by atoms with E-state index in [0.717, 1.165) is 5.56 Å². The molecule has 0 aromatic heterocycles. The third-order valence-electron chi connectivity index (χ3n) is 3.91. The van der Waals surface area contributed by atoms with Crippen molar-refractivity contribution < 1.29 is 22.7 Å². The molecule has 1 amide bonds. The van der Waals surface area contributed by atoms with Crippen LogP contribution in [0.1, 0.15) is 12.5 Å². The van der Waals surface area contributed by atoms with Gasteiger partial charge in [0.05, 0.1) is 14.9 Å². The van der Waals surface area contributed by atoms with Crippen LogP contribution in [0.5, 0.6) is 0 Å². The molecule has 2 rings (SSSR count). The van der Waals surface area contributed by atoms with Crippen molar-refractivity contribution in [1.29, 1.82) is 0 Å². The lowest BCUT2D eigenvalue weighted by Crippen LogP contribution is -2.41. The van der Waals surface area contributed by atoms with E-state index < -0.39 is 34.5 Å². The minimum Gasteiger partial charge on any atom is -0.454 e. The van der Waals surface area contributed by atoms with E-state index >= 15 is 0 Å². The van der Waals surface area contributed by atoms with Crippen molar-refractivity contribution in [2.75, 3.05) is 13.7 Å².